The molecule has 0 saturated carbocycles. The number of amides is 1. The van der Waals surface area contributed by atoms with Crippen LogP contribution >= 0.6 is 0 Å². The predicted octanol–water partition coefficient (Wildman–Crippen LogP) is 1.89. The zero-order valence-corrected chi connectivity index (χ0v) is 13.9. The number of anilines is 1. The first-order valence-electron chi connectivity index (χ1n) is 8.38. The quantitative estimate of drug-likeness (QED) is 0.926. The minimum absolute atomic E-state index is 0.142. The Labute approximate surface area is 133 Å². The second kappa shape index (κ2) is 6.29. The predicted molar refractivity (Wildman–Crippen MR) is 90.2 cm³/mol. The van der Waals surface area contributed by atoms with Gasteiger partial charge in [0.1, 0.15) is 0 Å². The lowest BCUT2D eigenvalue weighted by atomic mass is 9.95. The number of carbonyl (C=O) groups excluding carboxylic acids is 1. The highest BCUT2D eigenvalue weighted by atomic mass is 16.2. The van der Waals surface area contributed by atoms with E-state index in [9.17, 15) is 4.79 Å². The van der Waals surface area contributed by atoms with Gasteiger partial charge in [-0.3, -0.25) is 9.69 Å². The van der Waals surface area contributed by atoms with Gasteiger partial charge in [-0.05, 0) is 45.4 Å². The van der Waals surface area contributed by atoms with Gasteiger partial charge >= 0.3 is 0 Å². The zero-order valence-electron chi connectivity index (χ0n) is 13.9. The van der Waals surface area contributed by atoms with Gasteiger partial charge in [0.25, 0.3) is 0 Å². The van der Waals surface area contributed by atoms with Gasteiger partial charge in [-0.1, -0.05) is 18.2 Å². The number of para-hydroxylation sites is 1. The maximum atomic E-state index is 11.9. The summed E-state index contributed by atoms with van der Waals surface area (Å²) in [6, 6.07) is 9.70. The van der Waals surface area contributed by atoms with Crippen LogP contribution in [-0.2, 0) is 11.2 Å². The zero-order chi connectivity index (χ0) is 15.7. The summed E-state index contributed by atoms with van der Waals surface area (Å²) in [6.07, 6.45) is 1.82. The molecule has 3 unspecified atom stereocenters. The van der Waals surface area contributed by atoms with Crippen LogP contribution in [0, 0.1) is 5.92 Å². The fourth-order valence-corrected chi connectivity index (χ4v) is 3.70. The Morgan fingerprint density at radius 3 is 2.50 bits per heavy atom. The minimum atomic E-state index is 0.142. The number of benzene rings is 1. The second-order valence-corrected chi connectivity index (χ2v) is 6.88. The number of hydrogen-bond donors (Lipinski definition) is 1. The van der Waals surface area contributed by atoms with Gasteiger partial charge in [-0.2, -0.15) is 0 Å². The molecule has 2 aliphatic heterocycles. The van der Waals surface area contributed by atoms with Crippen molar-refractivity contribution in [2.45, 2.75) is 38.8 Å². The number of nitrogens with zero attached hydrogens (tertiary/aromatic N) is 2. The van der Waals surface area contributed by atoms with Crippen LogP contribution in [0.1, 0.15) is 25.8 Å². The summed E-state index contributed by atoms with van der Waals surface area (Å²) in [5, 5.41) is 2.95. The van der Waals surface area contributed by atoms with Gasteiger partial charge in [0.05, 0.1) is 0 Å². The summed E-state index contributed by atoms with van der Waals surface area (Å²) in [6.45, 7) is 7.50. The highest BCUT2D eigenvalue weighted by molar-refractivity contribution is 5.81. The Hall–Kier alpha value is -1.55. The molecular formula is C18H27N3O. The molecule has 1 aromatic rings. The van der Waals surface area contributed by atoms with E-state index in [1.807, 2.05) is 0 Å². The van der Waals surface area contributed by atoms with E-state index in [0.29, 0.717) is 12.1 Å². The Balaban J connectivity index is 1.80. The molecule has 0 radical (unpaired) electrons. The van der Waals surface area contributed by atoms with Crippen molar-refractivity contribution in [1.29, 1.82) is 0 Å². The van der Waals surface area contributed by atoms with Crippen LogP contribution in [-0.4, -0.2) is 49.6 Å². The number of rotatable bonds is 3. The van der Waals surface area contributed by atoms with Crippen molar-refractivity contribution in [2.24, 2.45) is 5.92 Å². The first-order valence-corrected chi connectivity index (χ1v) is 8.38. The summed E-state index contributed by atoms with van der Waals surface area (Å²) in [7, 11) is 2.21. The van der Waals surface area contributed by atoms with E-state index in [1.165, 1.54) is 11.3 Å². The van der Waals surface area contributed by atoms with Crippen molar-refractivity contribution in [2.75, 3.05) is 31.6 Å². The number of nitrogens with one attached hydrogen (secondary N) is 1. The third-order valence-corrected chi connectivity index (χ3v) is 5.32. The summed E-state index contributed by atoms with van der Waals surface area (Å²) in [5.41, 5.74) is 2.63. The molecule has 1 N–H and O–H groups in total. The van der Waals surface area contributed by atoms with Gasteiger partial charge in [-0.15, -0.1) is 0 Å². The van der Waals surface area contributed by atoms with Crippen LogP contribution in [0.3, 0.4) is 0 Å². The normalized spacial score (nSPS) is 29.7. The fourth-order valence-electron chi connectivity index (χ4n) is 3.70. The molecule has 1 amide bonds. The average molecular weight is 301 g/mol. The van der Waals surface area contributed by atoms with Crippen LogP contribution < -0.4 is 10.2 Å². The van der Waals surface area contributed by atoms with Crippen molar-refractivity contribution in [3.8, 4) is 0 Å². The van der Waals surface area contributed by atoms with Gasteiger partial charge in [-0.25, -0.2) is 0 Å². The van der Waals surface area contributed by atoms with Crippen molar-refractivity contribution in [3.05, 3.63) is 29.8 Å². The van der Waals surface area contributed by atoms with E-state index in [4.69, 9.17) is 0 Å². The molecule has 2 fully saturated rings. The van der Waals surface area contributed by atoms with Crippen LogP contribution in [0.15, 0.2) is 24.3 Å². The minimum Gasteiger partial charge on any atom is -0.368 e. The van der Waals surface area contributed by atoms with Gasteiger partial charge in [0.2, 0.25) is 5.91 Å². The first-order chi connectivity index (χ1) is 10.6. The monoisotopic (exact) mass is 301 g/mol. The fraction of sp³-hybridized carbons (Fsp3) is 0.611. The lowest BCUT2D eigenvalue weighted by molar-refractivity contribution is -0.122. The van der Waals surface area contributed by atoms with Gasteiger partial charge in [0.15, 0.2) is 0 Å². The Kier molecular flexibility index (Phi) is 4.39. The molecule has 4 nitrogen and oxygen atoms in total. The average Bonchev–Trinajstić information content (AvgIpc) is 2.90. The molecule has 2 saturated heterocycles. The molecule has 0 aliphatic carbocycles. The van der Waals surface area contributed by atoms with E-state index < -0.39 is 0 Å². The highest BCUT2D eigenvalue weighted by Gasteiger charge is 2.29. The molecule has 1 aromatic carbocycles. The van der Waals surface area contributed by atoms with E-state index in [2.05, 4.69) is 60.3 Å². The van der Waals surface area contributed by atoms with E-state index in [0.717, 1.165) is 32.5 Å². The highest BCUT2D eigenvalue weighted by Crippen LogP contribution is 2.28. The molecule has 4 heteroatoms. The van der Waals surface area contributed by atoms with Crippen molar-refractivity contribution >= 4 is 11.6 Å². The van der Waals surface area contributed by atoms with Crippen LogP contribution in [0.25, 0.3) is 0 Å². The van der Waals surface area contributed by atoms with Crippen LogP contribution in [0.4, 0.5) is 5.69 Å². The van der Waals surface area contributed by atoms with Crippen molar-refractivity contribution in [1.82, 2.24) is 10.2 Å². The molecule has 0 aromatic heterocycles. The van der Waals surface area contributed by atoms with E-state index in [-0.39, 0.29) is 11.8 Å². The number of hydrogen-bond acceptors (Lipinski definition) is 3. The summed E-state index contributed by atoms with van der Waals surface area (Å²) >= 11 is 0. The van der Waals surface area contributed by atoms with Crippen molar-refractivity contribution in [3.63, 3.8) is 0 Å². The largest absolute Gasteiger partial charge is 0.368 e. The topological polar surface area (TPSA) is 35.6 Å². The third-order valence-electron chi connectivity index (χ3n) is 5.32. The first kappa shape index (κ1) is 15.3. The molecular weight excluding hydrogens is 274 g/mol. The Morgan fingerprint density at radius 1 is 1.18 bits per heavy atom. The van der Waals surface area contributed by atoms with E-state index >= 15 is 0 Å². The number of piperazine rings is 1. The van der Waals surface area contributed by atoms with Gasteiger partial charge < -0.3 is 10.2 Å². The maximum Gasteiger partial charge on any atom is 0.223 e. The summed E-state index contributed by atoms with van der Waals surface area (Å²) in [4.78, 5) is 16.8. The Bertz CT molecular complexity index is 533. The smallest absolute Gasteiger partial charge is 0.223 e. The molecule has 3 rings (SSSR count). The van der Waals surface area contributed by atoms with E-state index in [1.54, 1.807) is 0 Å². The second-order valence-electron chi connectivity index (χ2n) is 6.88. The van der Waals surface area contributed by atoms with Crippen LogP contribution in [0.2, 0.25) is 0 Å². The molecule has 0 bridgehead atoms. The summed E-state index contributed by atoms with van der Waals surface area (Å²) in [5.74, 6) is 0.360. The van der Waals surface area contributed by atoms with Crippen molar-refractivity contribution < 1.29 is 4.79 Å². The van der Waals surface area contributed by atoms with Gasteiger partial charge in [0, 0.05) is 43.3 Å². The lowest BCUT2D eigenvalue weighted by Crippen LogP contribution is -2.55. The summed E-state index contributed by atoms with van der Waals surface area (Å²) < 4.78 is 0. The number of likely N-dealkylation sites (N-methyl/N-ethyl adjacent to an activating group) is 1. The molecule has 2 aliphatic rings. The van der Waals surface area contributed by atoms with Crippen LogP contribution in [0.5, 0.6) is 0 Å². The molecule has 2 heterocycles. The molecule has 120 valence electrons. The Morgan fingerprint density at radius 2 is 1.86 bits per heavy atom. The molecule has 0 spiro atoms. The molecule has 3 atom stereocenters. The number of carbonyl (C=O) groups is 1. The standard InChI is InChI=1S/C18H27N3O/c1-13-11-21(12-14(2)20(13)3)17-7-5-4-6-15(17)10-16-8-9-19-18(16)22/h4-7,13-14,16H,8-12H2,1-3H3,(H,19,22). The lowest BCUT2D eigenvalue weighted by Gasteiger charge is -2.44. The SMILES string of the molecule is CC1CN(c2ccccc2CC2CCNC2=O)CC(C)N1C. The maximum absolute atomic E-state index is 11.9. The third kappa shape index (κ3) is 2.98. The molecule has 22 heavy (non-hydrogen) atoms.